The van der Waals surface area contributed by atoms with Crippen LogP contribution in [0.25, 0.3) is 0 Å². The molecule has 1 radical (unpaired) electrons. The van der Waals surface area contributed by atoms with E-state index in [1.54, 1.807) is 6.07 Å². The maximum absolute atomic E-state index is 14.0. The van der Waals surface area contributed by atoms with Crippen molar-refractivity contribution in [1.29, 1.82) is 0 Å². The molecule has 105 valence electrons. The van der Waals surface area contributed by atoms with Crippen LogP contribution in [0, 0.1) is 30.2 Å². The lowest BCUT2D eigenvalue weighted by atomic mass is 9.73. The van der Waals surface area contributed by atoms with Crippen molar-refractivity contribution in [3.63, 3.8) is 0 Å². The third kappa shape index (κ3) is 2.30. The molecule has 0 saturated carbocycles. The Hall–Kier alpha value is -1.84. The fourth-order valence-electron chi connectivity index (χ4n) is 2.37. The minimum absolute atomic E-state index is 0.0212. The van der Waals surface area contributed by atoms with E-state index in [0.29, 0.717) is 12.1 Å². The van der Waals surface area contributed by atoms with E-state index in [1.807, 2.05) is 0 Å². The average molecular weight is 281 g/mol. The van der Waals surface area contributed by atoms with E-state index in [9.17, 15) is 17.6 Å². The highest BCUT2D eigenvalue weighted by atomic mass is 19.1. The van der Waals surface area contributed by atoms with Gasteiger partial charge in [0.25, 0.3) is 0 Å². The van der Waals surface area contributed by atoms with Gasteiger partial charge in [-0.15, -0.1) is 0 Å². The molecule has 0 spiro atoms. The average Bonchev–Trinajstić information content (AvgIpc) is 2.37. The number of hydrogen-bond donors (Lipinski definition) is 0. The second kappa shape index (κ2) is 5.27. The van der Waals surface area contributed by atoms with E-state index in [0.717, 1.165) is 0 Å². The van der Waals surface area contributed by atoms with Crippen LogP contribution in [0.2, 0.25) is 0 Å². The Morgan fingerprint density at radius 1 is 0.950 bits per heavy atom. The largest absolute Gasteiger partial charge is 0.207 e. The number of benzene rings is 2. The topological polar surface area (TPSA) is 0 Å². The molecule has 0 bridgehead atoms. The van der Waals surface area contributed by atoms with Crippen LogP contribution in [0.15, 0.2) is 36.4 Å². The van der Waals surface area contributed by atoms with E-state index >= 15 is 0 Å². The summed E-state index contributed by atoms with van der Waals surface area (Å²) in [4.78, 5) is 0. The highest BCUT2D eigenvalue weighted by Gasteiger charge is 2.35. The molecule has 20 heavy (non-hydrogen) atoms. The molecule has 0 amide bonds. The van der Waals surface area contributed by atoms with Crippen molar-refractivity contribution in [3.05, 3.63) is 77.7 Å². The minimum atomic E-state index is -1.31. The van der Waals surface area contributed by atoms with Gasteiger partial charge < -0.3 is 0 Å². The maximum atomic E-state index is 14.0. The molecular formula is C16H13F4. The van der Waals surface area contributed by atoms with Gasteiger partial charge in [0.2, 0.25) is 0 Å². The van der Waals surface area contributed by atoms with E-state index in [2.05, 4.69) is 6.92 Å². The molecule has 0 aromatic heterocycles. The number of rotatable bonds is 3. The highest BCUT2D eigenvalue weighted by molar-refractivity contribution is 5.41. The minimum Gasteiger partial charge on any atom is -0.207 e. The Balaban J connectivity index is 2.72. The summed E-state index contributed by atoms with van der Waals surface area (Å²) in [5, 5.41) is 0. The summed E-state index contributed by atoms with van der Waals surface area (Å²) in [6.45, 7) is 5.15. The molecule has 0 N–H and O–H groups in total. The molecule has 2 aromatic carbocycles. The zero-order chi connectivity index (χ0) is 14.9. The first-order chi connectivity index (χ1) is 9.40. The quantitative estimate of drug-likeness (QED) is 0.711. The summed E-state index contributed by atoms with van der Waals surface area (Å²) in [6.07, 6.45) is 0.0212. The predicted molar refractivity (Wildman–Crippen MR) is 69.1 cm³/mol. The van der Waals surface area contributed by atoms with E-state index in [1.165, 1.54) is 25.1 Å². The molecule has 0 saturated heterocycles. The van der Waals surface area contributed by atoms with Crippen molar-refractivity contribution in [3.8, 4) is 0 Å². The molecule has 0 aliphatic carbocycles. The van der Waals surface area contributed by atoms with Gasteiger partial charge >= 0.3 is 0 Å². The summed E-state index contributed by atoms with van der Waals surface area (Å²) in [6, 6.07) is 6.90. The normalized spacial score (nSPS) is 14.1. The summed E-state index contributed by atoms with van der Waals surface area (Å²) >= 11 is 0. The van der Waals surface area contributed by atoms with Gasteiger partial charge in [-0.3, -0.25) is 0 Å². The summed E-state index contributed by atoms with van der Waals surface area (Å²) in [5.41, 5.74) is -1.56. The molecule has 2 aromatic rings. The van der Waals surface area contributed by atoms with Gasteiger partial charge in [0.15, 0.2) is 0 Å². The Morgan fingerprint density at radius 3 is 2.00 bits per heavy atom. The van der Waals surface area contributed by atoms with Crippen LogP contribution >= 0.6 is 0 Å². The standard InChI is InChI=1S/C16H13F4/c1-3-16(2,11-6-4-5-7-12(11)18)15-13(19)8-10(17)9-14(15)20/h4-9H,1,3H2,2H3. The lowest BCUT2D eigenvalue weighted by Gasteiger charge is -2.30. The fourth-order valence-corrected chi connectivity index (χ4v) is 2.37. The van der Waals surface area contributed by atoms with Gasteiger partial charge in [-0.2, -0.15) is 0 Å². The van der Waals surface area contributed by atoms with E-state index in [-0.39, 0.29) is 17.5 Å². The van der Waals surface area contributed by atoms with Crippen molar-refractivity contribution >= 4 is 0 Å². The summed E-state index contributed by atoms with van der Waals surface area (Å²) < 4.78 is 54.9. The molecule has 0 fully saturated rings. The molecule has 0 aliphatic rings. The van der Waals surface area contributed by atoms with Crippen molar-refractivity contribution < 1.29 is 17.6 Å². The molecule has 1 atom stereocenters. The SMILES string of the molecule is [CH2]CC(C)(c1ccccc1F)c1c(F)cc(F)cc1F. The van der Waals surface area contributed by atoms with Crippen molar-refractivity contribution in [1.82, 2.24) is 0 Å². The van der Waals surface area contributed by atoms with Gasteiger partial charge in [-0.1, -0.05) is 32.0 Å². The van der Waals surface area contributed by atoms with Crippen molar-refractivity contribution in [2.24, 2.45) is 0 Å². The smallest absolute Gasteiger partial charge is 0.133 e. The van der Waals surface area contributed by atoms with Crippen molar-refractivity contribution in [2.75, 3.05) is 0 Å². The fraction of sp³-hybridized carbons (Fsp3) is 0.188. The summed E-state index contributed by atoms with van der Waals surface area (Å²) in [5.74, 6) is -3.68. The molecule has 2 rings (SSSR count). The van der Waals surface area contributed by atoms with Crippen LogP contribution in [0.5, 0.6) is 0 Å². The molecule has 0 aliphatic heterocycles. The number of halogens is 4. The van der Waals surface area contributed by atoms with Gasteiger partial charge in [0, 0.05) is 23.1 Å². The third-order valence-electron chi connectivity index (χ3n) is 3.53. The third-order valence-corrected chi connectivity index (χ3v) is 3.53. The molecular weight excluding hydrogens is 268 g/mol. The number of hydrogen-bond acceptors (Lipinski definition) is 0. The van der Waals surface area contributed by atoms with Gasteiger partial charge in [-0.25, -0.2) is 17.6 Å². The molecule has 0 nitrogen and oxygen atoms in total. The lowest BCUT2D eigenvalue weighted by molar-refractivity contribution is 0.446. The van der Waals surface area contributed by atoms with Crippen LogP contribution in [-0.2, 0) is 5.41 Å². The van der Waals surface area contributed by atoms with Crippen LogP contribution in [0.4, 0.5) is 17.6 Å². The monoisotopic (exact) mass is 281 g/mol. The van der Waals surface area contributed by atoms with Crippen LogP contribution < -0.4 is 0 Å². The second-order valence-corrected chi connectivity index (χ2v) is 4.81. The zero-order valence-corrected chi connectivity index (χ0v) is 10.9. The van der Waals surface area contributed by atoms with Crippen LogP contribution in [-0.4, -0.2) is 0 Å². The maximum Gasteiger partial charge on any atom is 0.133 e. The molecule has 1 unspecified atom stereocenters. The Bertz CT molecular complexity index is 613. The first-order valence-electron chi connectivity index (χ1n) is 6.09. The Morgan fingerprint density at radius 2 is 1.50 bits per heavy atom. The van der Waals surface area contributed by atoms with Gasteiger partial charge in [0.05, 0.1) is 0 Å². The van der Waals surface area contributed by atoms with Crippen LogP contribution in [0.3, 0.4) is 0 Å². The first-order valence-corrected chi connectivity index (χ1v) is 6.09. The zero-order valence-electron chi connectivity index (χ0n) is 10.9. The summed E-state index contributed by atoms with van der Waals surface area (Å²) in [7, 11) is 0. The van der Waals surface area contributed by atoms with Gasteiger partial charge in [0.1, 0.15) is 23.3 Å². The Kier molecular flexibility index (Phi) is 3.84. The lowest BCUT2D eigenvalue weighted by Crippen LogP contribution is -2.27. The highest BCUT2D eigenvalue weighted by Crippen LogP contribution is 2.39. The first kappa shape index (κ1) is 14.6. The Labute approximate surface area is 115 Å². The second-order valence-electron chi connectivity index (χ2n) is 4.81. The van der Waals surface area contributed by atoms with Crippen molar-refractivity contribution in [2.45, 2.75) is 18.8 Å². The van der Waals surface area contributed by atoms with E-state index < -0.39 is 28.7 Å². The van der Waals surface area contributed by atoms with Gasteiger partial charge in [-0.05, 0) is 18.1 Å². The molecule has 4 heteroatoms. The van der Waals surface area contributed by atoms with Crippen LogP contribution in [0.1, 0.15) is 24.5 Å². The molecule has 0 heterocycles. The predicted octanol–water partition coefficient (Wildman–Crippen LogP) is 4.77. The van der Waals surface area contributed by atoms with E-state index in [4.69, 9.17) is 0 Å².